The lowest BCUT2D eigenvalue weighted by Crippen LogP contribution is -2.66. The first-order valence-electron chi connectivity index (χ1n) is 12.1. The third-order valence-electron chi connectivity index (χ3n) is 6.95. The Bertz CT molecular complexity index is 977. The van der Waals surface area contributed by atoms with Gasteiger partial charge in [0.25, 0.3) is 8.32 Å². The molecule has 0 aromatic heterocycles. The average molecular weight is 460 g/mol. The number of nitrogens with two attached hydrogens (primary N) is 1. The number of benzene rings is 3. The van der Waals surface area contributed by atoms with Gasteiger partial charge in [0, 0.05) is 18.4 Å². The molecule has 0 bridgehead atoms. The predicted molar refractivity (Wildman–Crippen MR) is 141 cm³/mol. The molecule has 4 rings (SSSR count). The molecule has 1 saturated carbocycles. The van der Waals surface area contributed by atoms with Gasteiger partial charge >= 0.3 is 0 Å². The van der Waals surface area contributed by atoms with Crippen molar-refractivity contribution in [2.45, 2.75) is 45.1 Å². The summed E-state index contributed by atoms with van der Waals surface area (Å²) in [6.45, 7) is 8.59. The second-order valence-electron chi connectivity index (χ2n) is 10.4. The molecule has 0 amide bonds. The molecule has 2 N–H and O–H groups in total. The average Bonchev–Trinajstić information content (AvgIpc) is 3.27. The van der Waals surface area contributed by atoms with Crippen LogP contribution in [0.3, 0.4) is 0 Å². The smallest absolute Gasteiger partial charge is 0.261 e. The standard InChI is InChI=1S/C29H37NO2Si/c1-29(2,3)33(27-13-6-4-7-14-27,28-15-8-5-9-16-28)32-22-24-18-17-23(19-24)21-31-26-12-10-11-25(30)20-26/h4-16,20,23-24H,17-19,21-22,30H2,1-3H3/t23-,24+/m0/s1. The van der Waals surface area contributed by atoms with Crippen LogP contribution in [0.4, 0.5) is 5.69 Å². The molecule has 1 aliphatic rings. The summed E-state index contributed by atoms with van der Waals surface area (Å²) in [5.74, 6) is 2.00. The maximum absolute atomic E-state index is 7.16. The summed E-state index contributed by atoms with van der Waals surface area (Å²) >= 11 is 0. The molecule has 4 heteroatoms. The number of nitrogen functional groups attached to an aromatic ring is 1. The molecule has 0 heterocycles. The third kappa shape index (κ3) is 5.34. The molecule has 0 radical (unpaired) electrons. The van der Waals surface area contributed by atoms with Crippen LogP contribution in [-0.2, 0) is 4.43 Å². The number of rotatable bonds is 8. The lowest BCUT2D eigenvalue weighted by atomic mass is 10.1. The Hall–Kier alpha value is -2.56. The summed E-state index contributed by atoms with van der Waals surface area (Å²) in [6, 6.07) is 29.6. The molecule has 2 atom stereocenters. The van der Waals surface area contributed by atoms with E-state index >= 15 is 0 Å². The minimum atomic E-state index is -2.46. The van der Waals surface area contributed by atoms with Crippen molar-refractivity contribution in [3.63, 3.8) is 0 Å². The Labute approximate surface area is 200 Å². The maximum atomic E-state index is 7.16. The zero-order valence-electron chi connectivity index (χ0n) is 20.2. The van der Waals surface area contributed by atoms with Gasteiger partial charge in [-0.05, 0) is 58.6 Å². The van der Waals surface area contributed by atoms with Gasteiger partial charge < -0.3 is 14.9 Å². The van der Waals surface area contributed by atoms with E-state index in [2.05, 4.69) is 81.4 Å². The van der Waals surface area contributed by atoms with Gasteiger partial charge in [0.1, 0.15) is 5.75 Å². The summed E-state index contributed by atoms with van der Waals surface area (Å²) < 4.78 is 13.2. The highest BCUT2D eigenvalue weighted by Gasteiger charge is 2.50. The second kappa shape index (κ2) is 10.1. The topological polar surface area (TPSA) is 44.5 Å². The molecule has 33 heavy (non-hydrogen) atoms. The van der Waals surface area contributed by atoms with Gasteiger partial charge in [-0.1, -0.05) is 87.5 Å². The number of hydrogen-bond donors (Lipinski definition) is 1. The lowest BCUT2D eigenvalue weighted by Gasteiger charge is -2.43. The summed E-state index contributed by atoms with van der Waals surface area (Å²) in [5, 5.41) is 2.72. The van der Waals surface area contributed by atoms with E-state index in [-0.39, 0.29) is 5.04 Å². The third-order valence-corrected chi connectivity index (χ3v) is 12.0. The van der Waals surface area contributed by atoms with Crippen LogP contribution < -0.4 is 20.8 Å². The Kier molecular flexibility index (Phi) is 7.25. The lowest BCUT2D eigenvalue weighted by molar-refractivity contribution is 0.217. The molecule has 174 valence electrons. The van der Waals surface area contributed by atoms with Crippen molar-refractivity contribution in [1.29, 1.82) is 0 Å². The van der Waals surface area contributed by atoms with Crippen molar-refractivity contribution < 1.29 is 9.16 Å². The zero-order valence-corrected chi connectivity index (χ0v) is 21.2. The van der Waals surface area contributed by atoms with Gasteiger partial charge in [-0.2, -0.15) is 0 Å². The van der Waals surface area contributed by atoms with Crippen molar-refractivity contribution >= 4 is 24.4 Å². The molecule has 1 aliphatic carbocycles. The Morgan fingerprint density at radius 1 is 0.788 bits per heavy atom. The van der Waals surface area contributed by atoms with Gasteiger partial charge in [0.05, 0.1) is 6.61 Å². The van der Waals surface area contributed by atoms with E-state index < -0.39 is 8.32 Å². The fourth-order valence-electron chi connectivity index (χ4n) is 5.30. The van der Waals surface area contributed by atoms with Crippen LogP contribution in [0.15, 0.2) is 84.9 Å². The largest absolute Gasteiger partial charge is 0.493 e. The molecule has 3 aromatic rings. The first-order valence-corrected chi connectivity index (χ1v) is 14.0. The first-order chi connectivity index (χ1) is 15.9. The molecule has 3 aromatic carbocycles. The maximum Gasteiger partial charge on any atom is 0.261 e. The summed E-state index contributed by atoms with van der Waals surface area (Å²) in [5.41, 5.74) is 6.63. The van der Waals surface area contributed by atoms with E-state index in [0.29, 0.717) is 11.8 Å². The fourth-order valence-corrected chi connectivity index (χ4v) is 9.95. The van der Waals surface area contributed by atoms with E-state index in [4.69, 9.17) is 14.9 Å². The van der Waals surface area contributed by atoms with E-state index in [0.717, 1.165) is 31.1 Å². The van der Waals surface area contributed by atoms with Gasteiger partial charge in [0.15, 0.2) is 0 Å². The molecular formula is C29H37NO2Si. The predicted octanol–water partition coefficient (Wildman–Crippen LogP) is 5.64. The second-order valence-corrected chi connectivity index (χ2v) is 14.7. The Morgan fingerprint density at radius 2 is 1.36 bits per heavy atom. The van der Waals surface area contributed by atoms with Crippen molar-refractivity contribution in [2.75, 3.05) is 18.9 Å². The molecule has 0 spiro atoms. The SMILES string of the molecule is CC(C)(C)[Si](OC[C@@H]1CC[C@H](COc2cccc(N)c2)C1)(c1ccccc1)c1ccccc1. The van der Waals surface area contributed by atoms with Crippen molar-refractivity contribution in [3.05, 3.63) is 84.9 Å². The highest BCUT2D eigenvalue weighted by atomic mass is 28.4. The molecule has 3 nitrogen and oxygen atoms in total. The molecule has 0 unspecified atom stereocenters. The van der Waals surface area contributed by atoms with Gasteiger partial charge in [-0.25, -0.2) is 0 Å². The van der Waals surface area contributed by atoms with Crippen LogP contribution in [0.1, 0.15) is 40.0 Å². The van der Waals surface area contributed by atoms with E-state index in [1.165, 1.54) is 23.2 Å². The number of anilines is 1. The molecule has 0 aliphatic heterocycles. The van der Waals surface area contributed by atoms with Crippen LogP contribution in [0.2, 0.25) is 5.04 Å². The van der Waals surface area contributed by atoms with Gasteiger partial charge in [0.2, 0.25) is 0 Å². The summed E-state index contributed by atoms with van der Waals surface area (Å²) in [6.07, 6.45) is 3.54. The minimum absolute atomic E-state index is 0.0179. The van der Waals surface area contributed by atoms with Crippen molar-refractivity contribution in [3.8, 4) is 5.75 Å². The van der Waals surface area contributed by atoms with Crippen LogP contribution >= 0.6 is 0 Å². The highest BCUT2D eigenvalue weighted by Crippen LogP contribution is 2.39. The van der Waals surface area contributed by atoms with E-state index in [1.807, 2.05) is 24.3 Å². The quantitative estimate of drug-likeness (QED) is 0.350. The Balaban J connectivity index is 1.48. The summed E-state index contributed by atoms with van der Waals surface area (Å²) in [4.78, 5) is 0. The van der Waals surface area contributed by atoms with Crippen molar-refractivity contribution in [1.82, 2.24) is 0 Å². The van der Waals surface area contributed by atoms with E-state index in [9.17, 15) is 0 Å². The number of ether oxygens (including phenoxy) is 1. The normalized spacial score (nSPS) is 18.9. The zero-order chi connectivity index (χ0) is 23.3. The monoisotopic (exact) mass is 459 g/mol. The minimum Gasteiger partial charge on any atom is -0.493 e. The van der Waals surface area contributed by atoms with E-state index in [1.54, 1.807) is 0 Å². The van der Waals surface area contributed by atoms with Crippen molar-refractivity contribution in [2.24, 2.45) is 11.8 Å². The highest BCUT2D eigenvalue weighted by molar-refractivity contribution is 6.99. The van der Waals surface area contributed by atoms with Crippen LogP contribution in [0.5, 0.6) is 5.75 Å². The van der Waals surface area contributed by atoms with Gasteiger partial charge in [-0.3, -0.25) is 0 Å². The van der Waals surface area contributed by atoms with Crippen LogP contribution in [-0.4, -0.2) is 21.5 Å². The fraction of sp³-hybridized carbons (Fsp3) is 0.379. The summed E-state index contributed by atoms with van der Waals surface area (Å²) in [7, 11) is -2.46. The molecular weight excluding hydrogens is 422 g/mol. The Morgan fingerprint density at radius 3 is 1.91 bits per heavy atom. The molecule has 0 saturated heterocycles. The molecule has 1 fully saturated rings. The number of hydrogen-bond acceptors (Lipinski definition) is 3. The van der Waals surface area contributed by atoms with Crippen LogP contribution in [0, 0.1) is 11.8 Å². The first kappa shape index (κ1) is 23.6. The van der Waals surface area contributed by atoms with Crippen LogP contribution in [0.25, 0.3) is 0 Å². The van der Waals surface area contributed by atoms with Gasteiger partial charge in [-0.15, -0.1) is 0 Å².